The zero-order valence-corrected chi connectivity index (χ0v) is 8.55. The van der Waals surface area contributed by atoms with E-state index in [-0.39, 0.29) is 5.91 Å². The molecule has 6 heteroatoms. The number of rotatable bonds is 2. The van der Waals surface area contributed by atoms with E-state index in [1.54, 1.807) is 5.38 Å². The maximum absolute atomic E-state index is 10.8. The number of amides is 2. The zero-order chi connectivity index (χ0) is 9.14. The average molecular weight is 249 g/mol. The van der Waals surface area contributed by atoms with Crippen molar-refractivity contribution in [2.75, 3.05) is 4.90 Å². The predicted molar refractivity (Wildman–Crippen MR) is 49.0 cm³/mol. The van der Waals surface area contributed by atoms with Gasteiger partial charge in [0.2, 0.25) is 12.3 Å². The second kappa shape index (κ2) is 3.77. The van der Waals surface area contributed by atoms with E-state index < -0.39 is 0 Å². The quantitative estimate of drug-likeness (QED) is 0.744. The first kappa shape index (κ1) is 9.34. The molecule has 2 amide bonds. The molecular formula is C6H5BrN2O2S. The molecule has 0 spiro atoms. The lowest BCUT2D eigenvalue weighted by molar-refractivity contribution is -0.120. The molecule has 4 nitrogen and oxygen atoms in total. The number of halogens is 1. The van der Waals surface area contributed by atoms with Gasteiger partial charge in [-0.3, -0.25) is 9.59 Å². The Bertz CT molecular complexity index is 312. The van der Waals surface area contributed by atoms with Crippen LogP contribution in [0.1, 0.15) is 6.92 Å². The Kier molecular flexibility index (Phi) is 2.93. The molecule has 0 saturated carbocycles. The van der Waals surface area contributed by atoms with Gasteiger partial charge in [-0.2, -0.15) is 0 Å². The number of carbonyl (C=O) groups excluding carboxylic acids is 2. The molecule has 0 N–H and O–H groups in total. The third-order valence-electron chi connectivity index (χ3n) is 1.16. The van der Waals surface area contributed by atoms with Crippen molar-refractivity contribution in [3.8, 4) is 0 Å². The Morgan fingerprint density at radius 2 is 2.50 bits per heavy atom. The molecule has 1 aromatic heterocycles. The van der Waals surface area contributed by atoms with E-state index in [9.17, 15) is 9.59 Å². The van der Waals surface area contributed by atoms with Gasteiger partial charge in [0.15, 0.2) is 9.73 Å². The van der Waals surface area contributed by atoms with Crippen LogP contribution >= 0.6 is 27.3 Å². The van der Waals surface area contributed by atoms with Crippen LogP contribution in [0.25, 0.3) is 0 Å². The van der Waals surface area contributed by atoms with Crippen LogP contribution in [0, 0.1) is 0 Å². The molecule has 0 atom stereocenters. The number of nitrogens with zero attached hydrogens (tertiary/aromatic N) is 2. The molecule has 0 bridgehead atoms. The van der Waals surface area contributed by atoms with E-state index in [2.05, 4.69) is 20.9 Å². The first-order valence-corrected chi connectivity index (χ1v) is 4.68. The maximum Gasteiger partial charge on any atom is 0.231 e. The molecule has 0 aromatic carbocycles. The first-order chi connectivity index (χ1) is 5.65. The minimum absolute atomic E-state index is 0.345. The molecule has 0 radical (unpaired) electrons. The molecule has 64 valence electrons. The van der Waals surface area contributed by atoms with Crippen molar-refractivity contribution in [1.82, 2.24) is 4.98 Å². The van der Waals surface area contributed by atoms with Gasteiger partial charge in [0, 0.05) is 12.3 Å². The molecule has 1 heterocycles. The zero-order valence-electron chi connectivity index (χ0n) is 6.15. The van der Waals surface area contributed by atoms with Gasteiger partial charge in [0.05, 0.1) is 0 Å². The molecule has 0 aliphatic rings. The van der Waals surface area contributed by atoms with Crippen LogP contribution in [-0.4, -0.2) is 17.3 Å². The van der Waals surface area contributed by atoms with Crippen molar-refractivity contribution in [2.45, 2.75) is 6.92 Å². The topological polar surface area (TPSA) is 50.3 Å². The first-order valence-electron chi connectivity index (χ1n) is 3.01. The predicted octanol–water partition coefficient (Wildman–Crippen LogP) is 1.41. The summed E-state index contributed by atoms with van der Waals surface area (Å²) < 4.78 is 0.644. The molecule has 1 aromatic rings. The van der Waals surface area contributed by atoms with Crippen LogP contribution in [0.5, 0.6) is 0 Å². The summed E-state index contributed by atoms with van der Waals surface area (Å²) in [4.78, 5) is 26.1. The van der Waals surface area contributed by atoms with Crippen molar-refractivity contribution in [2.24, 2.45) is 0 Å². The molecule has 0 unspecified atom stereocenters. The third kappa shape index (κ3) is 1.89. The summed E-state index contributed by atoms with van der Waals surface area (Å²) in [5.74, 6) is 0.0113. The van der Waals surface area contributed by atoms with Crippen molar-refractivity contribution < 1.29 is 9.59 Å². The number of carbonyl (C=O) groups is 2. The van der Waals surface area contributed by atoms with Crippen LogP contribution in [0.4, 0.5) is 5.82 Å². The summed E-state index contributed by atoms with van der Waals surface area (Å²) in [6, 6.07) is 0. The highest BCUT2D eigenvalue weighted by atomic mass is 79.9. The third-order valence-corrected chi connectivity index (χ3v) is 2.51. The van der Waals surface area contributed by atoms with Gasteiger partial charge in [0.1, 0.15) is 0 Å². The van der Waals surface area contributed by atoms with Crippen LogP contribution in [0.15, 0.2) is 9.30 Å². The summed E-state index contributed by atoms with van der Waals surface area (Å²) >= 11 is 4.45. The lowest BCUT2D eigenvalue weighted by atomic mass is 10.5. The van der Waals surface area contributed by atoms with Gasteiger partial charge in [-0.1, -0.05) is 0 Å². The van der Waals surface area contributed by atoms with Crippen molar-refractivity contribution in [1.29, 1.82) is 0 Å². The van der Waals surface area contributed by atoms with Gasteiger partial charge in [-0.15, -0.1) is 11.3 Å². The average Bonchev–Trinajstić information content (AvgIpc) is 2.37. The highest BCUT2D eigenvalue weighted by Gasteiger charge is 2.12. The van der Waals surface area contributed by atoms with E-state index in [0.29, 0.717) is 16.1 Å². The van der Waals surface area contributed by atoms with Gasteiger partial charge in [-0.25, -0.2) is 9.88 Å². The smallest absolute Gasteiger partial charge is 0.231 e. The summed E-state index contributed by atoms with van der Waals surface area (Å²) in [5.41, 5.74) is 0. The number of thiazole rings is 1. The lowest BCUT2D eigenvalue weighted by Crippen LogP contribution is -2.26. The minimum atomic E-state index is -0.345. The minimum Gasteiger partial charge on any atom is -0.278 e. The number of imide groups is 1. The van der Waals surface area contributed by atoms with Crippen LogP contribution in [-0.2, 0) is 9.59 Å². The van der Waals surface area contributed by atoms with Gasteiger partial charge in [0.25, 0.3) is 0 Å². The number of anilines is 1. The Labute approximate surface area is 81.3 Å². The SMILES string of the molecule is CC(=O)N(C=O)c1csc(Br)n1. The Morgan fingerprint density at radius 3 is 2.83 bits per heavy atom. The van der Waals surface area contributed by atoms with Gasteiger partial charge in [-0.05, 0) is 15.9 Å². The molecular weight excluding hydrogens is 244 g/mol. The number of aromatic nitrogens is 1. The second-order valence-electron chi connectivity index (χ2n) is 1.95. The standard InChI is InChI=1S/C6H5BrN2O2S/c1-4(11)9(3-10)5-2-12-6(7)8-5/h2-3H,1H3. The Hall–Kier alpha value is -0.750. The molecule has 0 saturated heterocycles. The summed E-state index contributed by atoms with van der Waals surface area (Å²) in [6.07, 6.45) is 0.448. The summed E-state index contributed by atoms with van der Waals surface area (Å²) in [5, 5.41) is 1.62. The Balaban J connectivity index is 2.94. The van der Waals surface area contributed by atoms with E-state index in [0.717, 1.165) is 4.90 Å². The fraction of sp³-hybridized carbons (Fsp3) is 0.167. The largest absolute Gasteiger partial charge is 0.278 e. The van der Waals surface area contributed by atoms with E-state index in [1.807, 2.05) is 0 Å². The molecule has 0 aliphatic heterocycles. The van der Waals surface area contributed by atoms with Crippen LogP contribution in [0.2, 0.25) is 0 Å². The molecule has 0 fully saturated rings. The lowest BCUT2D eigenvalue weighted by Gasteiger charge is -2.07. The summed E-state index contributed by atoms with van der Waals surface area (Å²) in [6.45, 7) is 1.31. The maximum atomic E-state index is 10.8. The highest BCUT2D eigenvalue weighted by Crippen LogP contribution is 2.21. The van der Waals surface area contributed by atoms with Crippen molar-refractivity contribution in [3.05, 3.63) is 9.30 Å². The van der Waals surface area contributed by atoms with E-state index in [1.165, 1.54) is 18.3 Å². The summed E-state index contributed by atoms with van der Waals surface area (Å²) in [7, 11) is 0. The van der Waals surface area contributed by atoms with Gasteiger partial charge >= 0.3 is 0 Å². The fourth-order valence-electron chi connectivity index (χ4n) is 0.644. The highest BCUT2D eigenvalue weighted by molar-refractivity contribution is 9.11. The normalized spacial score (nSPS) is 9.50. The fourth-order valence-corrected chi connectivity index (χ4v) is 1.62. The van der Waals surface area contributed by atoms with Gasteiger partial charge < -0.3 is 0 Å². The van der Waals surface area contributed by atoms with E-state index in [4.69, 9.17) is 0 Å². The van der Waals surface area contributed by atoms with Crippen molar-refractivity contribution in [3.63, 3.8) is 0 Å². The molecule has 1 rings (SSSR count). The molecule has 0 aliphatic carbocycles. The monoisotopic (exact) mass is 248 g/mol. The number of hydrogen-bond donors (Lipinski definition) is 0. The molecule has 12 heavy (non-hydrogen) atoms. The van der Waals surface area contributed by atoms with E-state index >= 15 is 0 Å². The van der Waals surface area contributed by atoms with Crippen LogP contribution in [0.3, 0.4) is 0 Å². The second-order valence-corrected chi connectivity index (χ2v) is 4.09. The van der Waals surface area contributed by atoms with Crippen LogP contribution < -0.4 is 4.90 Å². The van der Waals surface area contributed by atoms with Crippen molar-refractivity contribution >= 4 is 45.4 Å². The number of hydrogen-bond acceptors (Lipinski definition) is 4. The Morgan fingerprint density at radius 1 is 1.83 bits per heavy atom.